The summed E-state index contributed by atoms with van der Waals surface area (Å²) in [4.78, 5) is 16.4. The highest BCUT2D eigenvalue weighted by molar-refractivity contribution is 6.30. The molecule has 25 heavy (non-hydrogen) atoms. The lowest BCUT2D eigenvalue weighted by Gasteiger charge is -2.07. The summed E-state index contributed by atoms with van der Waals surface area (Å²) in [6, 6.07) is 11.9. The van der Waals surface area contributed by atoms with E-state index in [0.717, 1.165) is 5.56 Å². The molecule has 3 aromatic rings. The molecule has 0 fully saturated rings. The Morgan fingerprint density at radius 3 is 2.48 bits per heavy atom. The van der Waals surface area contributed by atoms with Gasteiger partial charge in [-0.15, -0.1) is 5.10 Å². The summed E-state index contributed by atoms with van der Waals surface area (Å²) in [5, 5.41) is 9.98. The molecule has 0 spiro atoms. The van der Waals surface area contributed by atoms with Gasteiger partial charge in [-0.1, -0.05) is 11.6 Å². The molecule has 0 unspecified atom stereocenters. The second kappa shape index (κ2) is 7.23. The molecule has 0 aliphatic rings. The predicted octanol–water partition coefficient (Wildman–Crippen LogP) is 3.39. The third-order valence-corrected chi connectivity index (χ3v) is 3.73. The zero-order valence-electron chi connectivity index (χ0n) is 13.5. The molecule has 0 aliphatic heterocycles. The molecule has 0 aliphatic carbocycles. The first-order chi connectivity index (χ1) is 12.1. The molecule has 8 heteroatoms. The number of anilines is 1. The average Bonchev–Trinajstić information content (AvgIpc) is 3.10. The molecule has 128 valence electrons. The Bertz CT molecular complexity index is 893. The van der Waals surface area contributed by atoms with E-state index in [9.17, 15) is 4.79 Å². The van der Waals surface area contributed by atoms with E-state index < -0.39 is 0 Å². The molecule has 3 rings (SSSR count). The van der Waals surface area contributed by atoms with Gasteiger partial charge in [0.15, 0.2) is 17.3 Å². The second-order valence-electron chi connectivity index (χ2n) is 5.04. The number of ether oxygens (including phenoxy) is 2. The summed E-state index contributed by atoms with van der Waals surface area (Å²) in [6.45, 7) is 0. The first-order valence-electron chi connectivity index (χ1n) is 7.32. The molecule has 0 radical (unpaired) electrons. The van der Waals surface area contributed by atoms with Crippen LogP contribution in [0.2, 0.25) is 5.02 Å². The van der Waals surface area contributed by atoms with Crippen LogP contribution in [0.1, 0.15) is 10.4 Å². The summed E-state index contributed by atoms with van der Waals surface area (Å²) < 4.78 is 10.5. The topological polar surface area (TPSA) is 89.1 Å². The Morgan fingerprint density at radius 2 is 1.80 bits per heavy atom. The van der Waals surface area contributed by atoms with Crippen molar-refractivity contribution < 1.29 is 14.3 Å². The lowest BCUT2D eigenvalue weighted by atomic mass is 10.2. The molecule has 1 aromatic heterocycles. The van der Waals surface area contributed by atoms with Crippen LogP contribution in [0.15, 0.2) is 42.5 Å². The Kier molecular flexibility index (Phi) is 4.85. The monoisotopic (exact) mass is 358 g/mol. The van der Waals surface area contributed by atoms with Gasteiger partial charge in [-0.05, 0) is 42.5 Å². The maximum Gasteiger partial charge on any atom is 0.258 e. The lowest BCUT2D eigenvalue weighted by Crippen LogP contribution is -2.12. The van der Waals surface area contributed by atoms with Crippen LogP contribution in [0.25, 0.3) is 11.4 Å². The Morgan fingerprint density at radius 1 is 1.08 bits per heavy atom. The number of amides is 1. The van der Waals surface area contributed by atoms with Gasteiger partial charge in [0, 0.05) is 16.1 Å². The normalized spacial score (nSPS) is 10.4. The van der Waals surface area contributed by atoms with Crippen LogP contribution < -0.4 is 14.8 Å². The molecule has 0 saturated carbocycles. The first kappa shape index (κ1) is 16.8. The van der Waals surface area contributed by atoms with Crippen molar-refractivity contribution in [3.8, 4) is 22.9 Å². The highest BCUT2D eigenvalue weighted by Gasteiger charge is 2.12. The molecule has 2 N–H and O–H groups in total. The van der Waals surface area contributed by atoms with Crippen molar-refractivity contribution in [3.63, 3.8) is 0 Å². The molecule has 7 nitrogen and oxygen atoms in total. The van der Waals surface area contributed by atoms with Gasteiger partial charge >= 0.3 is 0 Å². The minimum atomic E-state index is -0.325. The van der Waals surface area contributed by atoms with Gasteiger partial charge in [-0.2, -0.15) is 4.98 Å². The lowest BCUT2D eigenvalue weighted by molar-refractivity contribution is 0.102. The largest absolute Gasteiger partial charge is 0.493 e. The third kappa shape index (κ3) is 3.72. The summed E-state index contributed by atoms with van der Waals surface area (Å²) in [5.41, 5.74) is 1.21. The highest BCUT2D eigenvalue weighted by atomic mass is 35.5. The van der Waals surface area contributed by atoms with Crippen LogP contribution in [0.5, 0.6) is 11.5 Å². The van der Waals surface area contributed by atoms with Gasteiger partial charge in [-0.25, -0.2) is 0 Å². The Balaban J connectivity index is 1.78. The van der Waals surface area contributed by atoms with Crippen LogP contribution >= 0.6 is 11.6 Å². The average molecular weight is 359 g/mol. The van der Waals surface area contributed by atoms with E-state index in [1.165, 1.54) is 0 Å². The predicted molar refractivity (Wildman–Crippen MR) is 94.3 cm³/mol. The summed E-state index contributed by atoms with van der Waals surface area (Å²) in [5.74, 6) is 1.52. The fraction of sp³-hybridized carbons (Fsp3) is 0.118. The summed E-state index contributed by atoms with van der Waals surface area (Å²) >= 11 is 5.81. The zero-order chi connectivity index (χ0) is 17.8. The number of methoxy groups -OCH3 is 2. The van der Waals surface area contributed by atoms with Crippen molar-refractivity contribution in [1.29, 1.82) is 0 Å². The van der Waals surface area contributed by atoms with Crippen LogP contribution in [0.4, 0.5) is 5.95 Å². The van der Waals surface area contributed by atoms with E-state index in [1.807, 2.05) is 6.07 Å². The Labute approximate surface area is 148 Å². The molecular weight excluding hydrogens is 344 g/mol. The maximum atomic E-state index is 12.2. The number of aromatic nitrogens is 3. The summed E-state index contributed by atoms with van der Waals surface area (Å²) in [7, 11) is 3.12. The molecule has 0 bridgehead atoms. The number of nitrogens with one attached hydrogen (secondary N) is 2. The molecule has 0 atom stereocenters. The number of hydrogen-bond acceptors (Lipinski definition) is 5. The minimum Gasteiger partial charge on any atom is -0.493 e. The molecule has 1 heterocycles. The number of hydrogen-bond donors (Lipinski definition) is 2. The van der Waals surface area contributed by atoms with Gasteiger partial charge in [0.1, 0.15) is 0 Å². The smallest absolute Gasteiger partial charge is 0.258 e. The zero-order valence-corrected chi connectivity index (χ0v) is 14.3. The van der Waals surface area contributed by atoms with E-state index in [4.69, 9.17) is 21.1 Å². The van der Waals surface area contributed by atoms with Crippen molar-refractivity contribution in [3.05, 3.63) is 53.1 Å². The highest BCUT2D eigenvalue weighted by Crippen LogP contribution is 2.31. The van der Waals surface area contributed by atoms with E-state index in [-0.39, 0.29) is 11.9 Å². The van der Waals surface area contributed by atoms with Crippen LogP contribution in [0.3, 0.4) is 0 Å². The molecule has 0 saturated heterocycles. The van der Waals surface area contributed by atoms with Crippen molar-refractivity contribution in [1.82, 2.24) is 15.2 Å². The molecule has 1 amide bonds. The number of nitrogens with zero attached hydrogens (tertiary/aromatic N) is 2. The van der Waals surface area contributed by atoms with Crippen molar-refractivity contribution in [2.45, 2.75) is 0 Å². The standard InChI is InChI=1S/C17H15ClN4O3/c1-24-13-8-5-11(9-14(13)25-2)15-19-17(22-21-15)20-16(23)10-3-6-12(18)7-4-10/h3-9H,1-2H3,(H2,19,20,21,22,23). The van der Waals surface area contributed by atoms with Crippen molar-refractivity contribution in [2.75, 3.05) is 19.5 Å². The number of carbonyl (C=O) groups excluding carboxylic acids is 1. The van der Waals surface area contributed by atoms with Gasteiger partial charge in [-0.3, -0.25) is 15.2 Å². The second-order valence-corrected chi connectivity index (χ2v) is 5.47. The van der Waals surface area contributed by atoms with E-state index in [2.05, 4.69) is 20.5 Å². The number of rotatable bonds is 5. The van der Waals surface area contributed by atoms with Gasteiger partial charge in [0.25, 0.3) is 5.91 Å². The molecular formula is C17H15ClN4O3. The van der Waals surface area contributed by atoms with Crippen LogP contribution in [-0.2, 0) is 0 Å². The minimum absolute atomic E-state index is 0.171. The number of halogens is 1. The quantitative estimate of drug-likeness (QED) is 0.729. The van der Waals surface area contributed by atoms with Gasteiger partial charge in [0.05, 0.1) is 14.2 Å². The number of benzene rings is 2. The van der Waals surface area contributed by atoms with E-state index >= 15 is 0 Å². The van der Waals surface area contributed by atoms with E-state index in [0.29, 0.717) is 27.9 Å². The fourth-order valence-electron chi connectivity index (χ4n) is 2.21. The van der Waals surface area contributed by atoms with Crippen molar-refractivity contribution in [2.24, 2.45) is 0 Å². The van der Waals surface area contributed by atoms with Crippen LogP contribution in [-0.4, -0.2) is 35.3 Å². The van der Waals surface area contributed by atoms with Gasteiger partial charge < -0.3 is 9.47 Å². The Hall–Kier alpha value is -3.06. The maximum absolute atomic E-state index is 12.2. The molecule has 2 aromatic carbocycles. The fourth-order valence-corrected chi connectivity index (χ4v) is 2.33. The number of carbonyl (C=O) groups is 1. The van der Waals surface area contributed by atoms with Gasteiger partial charge in [0.2, 0.25) is 5.95 Å². The summed E-state index contributed by atoms with van der Waals surface area (Å²) in [6.07, 6.45) is 0. The van der Waals surface area contributed by atoms with Crippen LogP contribution in [0, 0.1) is 0 Å². The number of H-pyrrole nitrogens is 1. The first-order valence-corrected chi connectivity index (χ1v) is 7.70. The van der Waals surface area contributed by atoms with E-state index in [1.54, 1.807) is 50.6 Å². The third-order valence-electron chi connectivity index (χ3n) is 3.47. The van der Waals surface area contributed by atoms with Crippen molar-refractivity contribution >= 4 is 23.5 Å². The SMILES string of the molecule is COc1ccc(-c2nc(NC(=O)c3ccc(Cl)cc3)n[nH]2)cc1OC. The number of aromatic amines is 1.